The lowest BCUT2D eigenvalue weighted by Gasteiger charge is -2.22. The molecular formula is C15H28IN3. The van der Waals surface area contributed by atoms with Crippen molar-refractivity contribution in [3.63, 3.8) is 0 Å². The molecule has 3 aliphatic rings. The molecule has 3 nitrogen and oxygen atoms in total. The number of guanidine groups is 1. The SMILES string of the molecule is CCN=C(NC1CC1)NC1CC1C1CCCCC1.I. The Bertz CT molecular complexity index is 309. The average Bonchev–Trinajstić information content (AvgIpc) is 3.27. The molecule has 3 saturated carbocycles. The Balaban J connectivity index is 0.00000133. The van der Waals surface area contributed by atoms with Gasteiger partial charge in [-0.2, -0.15) is 0 Å². The van der Waals surface area contributed by atoms with Crippen molar-refractivity contribution in [1.29, 1.82) is 0 Å². The first-order chi connectivity index (χ1) is 8.86. The fraction of sp³-hybridized carbons (Fsp3) is 0.933. The Morgan fingerprint density at radius 2 is 1.79 bits per heavy atom. The zero-order chi connectivity index (χ0) is 12.4. The largest absolute Gasteiger partial charge is 0.354 e. The van der Waals surface area contributed by atoms with Gasteiger partial charge in [0.05, 0.1) is 0 Å². The summed E-state index contributed by atoms with van der Waals surface area (Å²) < 4.78 is 0. The molecular weight excluding hydrogens is 349 g/mol. The van der Waals surface area contributed by atoms with Crippen LogP contribution in [0.5, 0.6) is 0 Å². The highest BCUT2D eigenvalue weighted by molar-refractivity contribution is 14.0. The van der Waals surface area contributed by atoms with E-state index in [2.05, 4.69) is 22.5 Å². The third kappa shape index (κ3) is 4.50. The van der Waals surface area contributed by atoms with Gasteiger partial charge >= 0.3 is 0 Å². The number of nitrogens with zero attached hydrogens (tertiary/aromatic N) is 1. The summed E-state index contributed by atoms with van der Waals surface area (Å²) in [6, 6.07) is 1.42. The molecule has 0 saturated heterocycles. The summed E-state index contributed by atoms with van der Waals surface area (Å²) in [5.74, 6) is 3.01. The maximum Gasteiger partial charge on any atom is 0.191 e. The van der Waals surface area contributed by atoms with E-state index in [9.17, 15) is 0 Å². The van der Waals surface area contributed by atoms with Crippen LogP contribution in [0.25, 0.3) is 0 Å². The van der Waals surface area contributed by atoms with E-state index in [1.165, 1.54) is 51.4 Å². The number of hydrogen-bond acceptors (Lipinski definition) is 1. The molecule has 2 N–H and O–H groups in total. The molecule has 3 rings (SSSR count). The topological polar surface area (TPSA) is 36.4 Å². The Kier molecular flexibility index (Phi) is 5.78. The highest BCUT2D eigenvalue weighted by atomic mass is 127. The van der Waals surface area contributed by atoms with E-state index in [1.54, 1.807) is 0 Å². The number of aliphatic imine (C=N–C) groups is 1. The first-order valence-electron chi connectivity index (χ1n) is 7.94. The summed E-state index contributed by atoms with van der Waals surface area (Å²) in [7, 11) is 0. The molecule has 0 aromatic heterocycles. The number of rotatable bonds is 4. The molecule has 3 fully saturated rings. The Morgan fingerprint density at radius 1 is 1.05 bits per heavy atom. The van der Waals surface area contributed by atoms with Gasteiger partial charge in [0.1, 0.15) is 0 Å². The van der Waals surface area contributed by atoms with E-state index in [1.807, 2.05) is 0 Å². The predicted molar refractivity (Wildman–Crippen MR) is 91.2 cm³/mol. The van der Waals surface area contributed by atoms with Crippen LogP contribution in [0.3, 0.4) is 0 Å². The molecule has 2 atom stereocenters. The molecule has 0 bridgehead atoms. The van der Waals surface area contributed by atoms with Crippen LogP contribution < -0.4 is 10.6 Å². The Morgan fingerprint density at radius 3 is 2.42 bits per heavy atom. The van der Waals surface area contributed by atoms with E-state index in [0.717, 1.165) is 24.3 Å². The molecule has 3 aliphatic carbocycles. The summed E-state index contributed by atoms with van der Waals surface area (Å²) in [6.07, 6.45) is 11.3. The molecule has 0 aliphatic heterocycles. The monoisotopic (exact) mass is 377 g/mol. The van der Waals surface area contributed by atoms with Gasteiger partial charge in [-0.3, -0.25) is 4.99 Å². The van der Waals surface area contributed by atoms with Crippen molar-refractivity contribution in [2.75, 3.05) is 6.54 Å². The van der Waals surface area contributed by atoms with Crippen molar-refractivity contribution in [2.45, 2.75) is 70.4 Å². The van der Waals surface area contributed by atoms with Crippen LogP contribution in [0.4, 0.5) is 0 Å². The lowest BCUT2D eigenvalue weighted by molar-refractivity contribution is 0.315. The fourth-order valence-electron chi connectivity index (χ4n) is 3.35. The second kappa shape index (κ2) is 7.14. The lowest BCUT2D eigenvalue weighted by atomic mass is 9.85. The van der Waals surface area contributed by atoms with Crippen LogP contribution in [-0.4, -0.2) is 24.6 Å². The molecule has 0 aromatic carbocycles. The number of hydrogen-bond donors (Lipinski definition) is 2. The fourth-order valence-corrected chi connectivity index (χ4v) is 3.35. The third-order valence-electron chi connectivity index (χ3n) is 4.65. The molecule has 0 radical (unpaired) electrons. The van der Waals surface area contributed by atoms with Crippen molar-refractivity contribution >= 4 is 29.9 Å². The smallest absolute Gasteiger partial charge is 0.191 e. The molecule has 0 amide bonds. The van der Waals surface area contributed by atoms with Crippen molar-refractivity contribution in [3.8, 4) is 0 Å². The third-order valence-corrected chi connectivity index (χ3v) is 4.65. The van der Waals surface area contributed by atoms with Crippen LogP contribution in [-0.2, 0) is 0 Å². The molecule has 4 heteroatoms. The molecule has 110 valence electrons. The van der Waals surface area contributed by atoms with Gasteiger partial charge in [0, 0.05) is 18.6 Å². The van der Waals surface area contributed by atoms with Crippen molar-refractivity contribution < 1.29 is 0 Å². The molecule has 0 aromatic rings. The summed E-state index contributed by atoms with van der Waals surface area (Å²) in [5.41, 5.74) is 0. The minimum atomic E-state index is 0. The normalized spacial score (nSPS) is 31.5. The maximum absolute atomic E-state index is 4.56. The van der Waals surface area contributed by atoms with E-state index in [-0.39, 0.29) is 24.0 Å². The molecule has 19 heavy (non-hydrogen) atoms. The van der Waals surface area contributed by atoms with E-state index < -0.39 is 0 Å². The molecule has 0 heterocycles. The number of nitrogens with one attached hydrogen (secondary N) is 2. The first kappa shape index (κ1) is 15.4. The summed E-state index contributed by atoms with van der Waals surface area (Å²) >= 11 is 0. The van der Waals surface area contributed by atoms with Gasteiger partial charge in [0.15, 0.2) is 5.96 Å². The second-order valence-corrected chi connectivity index (χ2v) is 6.29. The van der Waals surface area contributed by atoms with Crippen molar-refractivity contribution in [2.24, 2.45) is 16.8 Å². The minimum absolute atomic E-state index is 0. The zero-order valence-electron chi connectivity index (χ0n) is 12.0. The van der Waals surface area contributed by atoms with Crippen molar-refractivity contribution in [1.82, 2.24) is 10.6 Å². The summed E-state index contributed by atoms with van der Waals surface area (Å²) in [5, 5.41) is 7.18. The van der Waals surface area contributed by atoms with Gasteiger partial charge in [0.2, 0.25) is 0 Å². The first-order valence-corrected chi connectivity index (χ1v) is 7.94. The molecule has 0 spiro atoms. The predicted octanol–water partition coefficient (Wildman–Crippen LogP) is 3.29. The summed E-state index contributed by atoms with van der Waals surface area (Å²) in [6.45, 7) is 2.99. The summed E-state index contributed by atoms with van der Waals surface area (Å²) in [4.78, 5) is 4.56. The highest BCUT2D eigenvalue weighted by Crippen LogP contribution is 2.44. The van der Waals surface area contributed by atoms with Gasteiger partial charge in [-0.15, -0.1) is 24.0 Å². The van der Waals surface area contributed by atoms with Crippen molar-refractivity contribution in [3.05, 3.63) is 0 Å². The van der Waals surface area contributed by atoms with Crippen LogP contribution in [0.15, 0.2) is 4.99 Å². The quantitative estimate of drug-likeness (QED) is 0.448. The van der Waals surface area contributed by atoms with Gasteiger partial charge in [0.25, 0.3) is 0 Å². The average molecular weight is 377 g/mol. The standard InChI is InChI=1S/C15H27N3.HI/c1-2-16-15(17-12-8-9-12)18-14-10-13(14)11-6-4-3-5-7-11;/h11-14H,2-10H2,1H3,(H2,16,17,18);1H. The van der Waals surface area contributed by atoms with Crippen LogP contribution in [0, 0.1) is 11.8 Å². The second-order valence-electron chi connectivity index (χ2n) is 6.29. The van der Waals surface area contributed by atoms with Crippen LogP contribution >= 0.6 is 24.0 Å². The lowest BCUT2D eigenvalue weighted by Crippen LogP contribution is -2.40. The van der Waals surface area contributed by atoms with Crippen LogP contribution in [0.1, 0.15) is 58.3 Å². The van der Waals surface area contributed by atoms with Gasteiger partial charge < -0.3 is 10.6 Å². The van der Waals surface area contributed by atoms with Gasteiger partial charge in [-0.25, -0.2) is 0 Å². The van der Waals surface area contributed by atoms with Crippen LogP contribution in [0.2, 0.25) is 0 Å². The van der Waals surface area contributed by atoms with E-state index >= 15 is 0 Å². The minimum Gasteiger partial charge on any atom is -0.354 e. The zero-order valence-corrected chi connectivity index (χ0v) is 14.4. The molecule has 2 unspecified atom stereocenters. The Labute approximate surface area is 134 Å². The van der Waals surface area contributed by atoms with Gasteiger partial charge in [-0.1, -0.05) is 32.1 Å². The van der Waals surface area contributed by atoms with E-state index in [4.69, 9.17) is 0 Å². The van der Waals surface area contributed by atoms with E-state index in [0.29, 0.717) is 12.1 Å². The maximum atomic E-state index is 4.56. The Hall–Kier alpha value is 0. The number of halogens is 1. The van der Waals surface area contributed by atoms with Gasteiger partial charge in [-0.05, 0) is 38.0 Å². The highest BCUT2D eigenvalue weighted by Gasteiger charge is 2.43.